The molecule has 1 fully saturated rings. The Morgan fingerprint density at radius 1 is 1.06 bits per heavy atom. The van der Waals surface area contributed by atoms with Crippen molar-refractivity contribution in [3.05, 3.63) is 70.3 Å². The van der Waals surface area contributed by atoms with E-state index in [1.165, 1.54) is 5.56 Å². The van der Waals surface area contributed by atoms with Crippen molar-refractivity contribution in [2.75, 3.05) is 33.8 Å². The third-order valence-electron chi connectivity index (χ3n) is 6.47. The molecule has 2 aromatic rings. The number of carbonyl (C=O) groups excluding carboxylic acids is 2. The van der Waals surface area contributed by atoms with Crippen molar-refractivity contribution < 1.29 is 19.4 Å². The van der Waals surface area contributed by atoms with Gasteiger partial charge in [-0.25, -0.2) is 0 Å². The topological polar surface area (TPSA) is 70.1 Å². The summed E-state index contributed by atoms with van der Waals surface area (Å²) in [6, 6.07) is 12.8. The normalized spacial score (nSPS) is 17.4. The van der Waals surface area contributed by atoms with E-state index in [4.69, 9.17) is 4.74 Å². The minimum Gasteiger partial charge on any atom is -0.507 e. The summed E-state index contributed by atoms with van der Waals surface area (Å²) >= 11 is 0. The van der Waals surface area contributed by atoms with Gasteiger partial charge in [0.2, 0.25) is 0 Å². The summed E-state index contributed by atoms with van der Waals surface area (Å²) in [7, 11) is 3.96. The van der Waals surface area contributed by atoms with Gasteiger partial charge in [0.25, 0.3) is 11.7 Å². The highest BCUT2D eigenvalue weighted by Crippen LogP contribution is 2.40. The molecule has 2 aromatic carbocycles. The molecule has 188 valence electrons. The van der Waals surface area contributed by atoms with Crippen molar-refractivity contribution in [2.45, 2.75) is 52.5 Å². The number of aryl methyl sites for hydroxylation is 2. The minimum absolute atomic E-state index is 0.138. The number of ether oxygens (including phenoxy) is 1. The number of hydrogen-bond donors (Lipinski definition) is 1. The number of unbranched alkanes of at least 4 members (excludes halogenated alkanes) is 1. The minimum atomic E-state index is -0.639. The molecule has 35 heavy (non-hydrogen) atoms. The second-order valence-corrected chi connectivity index (χ2v) is 9.42. The quantitative estimate of drug-likeness (QED) is 0.210. The summed E-state index contributed by atoms with van der Waals surface area (Å²) in [5.74, 6) is -0.615. The molecular weight excluding hydrogens is 440 g/mol. The summed E-state index contributed by atoms with van der Waals surface area (Å²) < 4.78 is 5.79. The Hall–Kier alpha value is -3.12. The Kier molecular flexibility index (Phi) is 9.10. The molecule has 0 aromatic heterocycles. The second-order valence-electron chi connectivity index (χ2n) is 9.42. The fraction of sp³-hybridized carbons (Fsp3) is 0.448. The molecular formula is C29H38N2O4. The van der Waals surface area contributed by atoms with Crippen LogP contribution >= 0.6 is 0 Å². The molecule has 1 heterocycles. The highest BCUT2D eigenvalue weighted by atomic mass is 16.5. The van der Waals surface area contributed by atoms with Gasteiger partial charge >= 0.3 is 0 Å². The zero-order chi connectivity index (χ0) is 25.5. The Bertz CT molecular complexity index is 1070. The van der Waals surface area contributed by atoms with Crippen LogP contribution in [0, 0.1) is 6.92 Å². The Morgan fingerprint density at radius 2 is 1.77 bits per heavy atom. The highest BCUT2D eigenvalue weighted by molar-refractivity contribution is 6.46. The van der Waals surface area contributed by atoms with E-state index >= 15 is 0 Å². The first kappa shape index (κ1) is 26.5. The molecule has 0 aliphatic carbocycles. The van der Waals surface area contributed by atoms with Crippen LogP contribution in [-0.4, -0.2) is 60.4 Å². The summed E-state index contributed by atoms with van der Waals surface area (Å²) in [6.45, 7) is 7.93. The van der Waals surface area contributed by atoms with Gasteiger partial charge in [-0.3, -0.25) is 9.59 Å². The first-order valence-electron chi connectivity index (χ1n) is 12.5. The van der Waals surface area contributed by atoms with Gasteiger partial charge in [0.15, 0.2) is 0 Å². The van der Waals surface area contributed by atoms with Crippen molar-refractivity contribution in [3.63, 3.8) is 0 Å². The lowest BCUT2D eigenvalue weighted by Crippen LogP contribution is -2.32. The molecule has 3 rings (SSSR count). The molecule has 1 saturated heterocycles. The Labute approximate surface area is 209 Å². The van der Waals surface area contributed by atoms with E-state index in [1.807, 2.05) is 51.4 Å². The SMILES string of the molecule is CCCCOc1ccc(C(O)=C2C(=O)C(=O)N(CCCN(C)C)C2c2ccc(CC)cc2)c(C)c1. The number of Topliss-reactive ketones (excluding diaryl/α,β-unsaturated/α-hetero) is 1. The van der Waals surface area contributed by atoms with Crippen LogP contribution in [0.1, 0.15) is 61.4 Å². The number of benzene rings is 2. The van der Waals surface area contributed by atoms with E-state index in [-0.39, 0.29) is 11.3 Å². The molecule has 1 unspecified atom stereocenters. The van der Waals surface area contributed by atoms with Crippen molar-refractivity contribution >= 4 is 17.4 Å². The molecule has 1 N–H and O–H groups in total. The molecule has 0 radical (unpaired) electrons. The van der Waals surface area contributed by atoms with Crippen LogP contribution < -0.4 is 4.74 Å². The smallest absolute Gasteiger partial charge is 0.295 e. The number of aliphatic hydroxyl groups is 1. The van der Waals surface area contributed by atoms with Gasteiger partial charge in [0, 0.05) is 12.1 Å². The first-order valence-corrected chi connectivity index (χ1v) is 12.5. The van der Waals surface area contributed by atoms with E-state index < -0.39 is 17.7 Å². The largest absolute Gasteiger partial charge is 0.507 e. The molecule has 0 saturated carbocycles. The lowest BCUT2D eigenvalue weighted by Gasteiger charge is -2.26. The maximum atomic E-state index is 13.2. The Balaban J connectivity index is 2.03. The van der Waals surface area contributed by atoms with Crippen LogP contribution in [0.15, 0.2) is 48.0 Å². The van der Waals surface area contributed by atoms with E-state index in [0.717, 1.165) is 49.1 Å². The van der Waals surface area contributed by atoms with Gasteiger partial charge in [-0.1, -0.05) is 44.5 Å². The highest BCUT2D eigenvalue weighted by Gasteiger charge is 2.45. The van der Waals surface area contributed by atoms with Crippen LogP contribution in [0.2, 0.25) is 0 Å². The summed E-state index contributed by atoms with van der Waals surface area (Å²) in [6.07, 6.45) is 3.64. The monoisotopic (exact) mass is 478 g/mol. The maximum Gasteiger partial charge on any atom is 0.295 e. The van der Waals surface area contributed by atoms with Crippen LogP contribution in [0.3, 0.4) is 0 Å². The van der Waals surface area contributed by atoms with Gasteiger partial charge in [0.05, 0.1) is 18.2 Å². The molecule has 1 aliphatic heterocycles. The predicted molar refractivity (Wildman–Crippen MR) is 140 cm³/mol. The van der Waals surface area contributed by atoms with Gasteiger partial charge in [-0.15, -0.1) is 0 Å². The molecule has 1 aliphatic rings. The maximum absolute atomic E-state index is 13.2. The number of carbonyl (C=O) groups is 2. The van der Waals surface area contributed by atoms with Crippen LogP contribution in [0.4, 0.5) is 0 Å². The molecule has 6 heteroatoms. The van der Waals surface area contributed by atoms with E-state index in [9.17, 15) is 14.7 Å². The second kappa shape index (κ2) is 12.0. The van der Waals surface area contributed by atoms with Crippen molar-refractivity contribution in [3.8, 4) is 5.75 Å². The number of nitrogens with zero attached hydrogens (tertiary/aromatic N) is 2. The number of hydrogen-bond acceptors (Lipinski definition) is 5. The molecule has 0 spiro atoms. The lowest BCUT2D eigenvalue weighted by atomic mass is 9.93. The number of amides is 1. The lowest BCUT2D eigenvalue weighted by molar-refractivity contribution is -0.139. The Morgan fingerprint density at radius 3 is 2.37 bits per heavy atom. The van der Waals surface area contributed by atoms with E-state index in [0.29, 0.717) is 18.7 Å². The zero-order valence-electron chi connectivity index (χ0n) is 21.6. The average Bonchev–Trinajstić information content (AvgIpc) is 3.09. The van der Waals surface area contributed by atoms with Crippen LogP contribution in [-0.2, 0) is 16.0 Å². The summed E-state index contributed by atoms with van der Waals surface area (Å²) in [5, 5.41) is 11.4. The van der Waals surface area contributed by atoms with Gasteiger partial charge in [0.1, 0.15) is 11.5 Å². The number of aliphatic hydroxyl groups excluding tert-OH is 1. The van der Waals surface area contributed by atoms with Gasteiger partial charge in [-0.2, -0.15) is 0 Å². The number of ketones is 1. The third-order valence-corrected chi connectivity index (χ3v) is 6.47. The fourth-order valence-corrected chi connectivity index (χ4v) is 4.42. The van der Waals surface area contributed by atoms with E-state index in [1.54, 1.807) is 17.0 Å². The summed E-state index contributed by atoms with van der Waals surface area (Å²) in [4.78, 5) is 30.0. The third kappa shape index (κ3) is 6.12. The van der Waals surface area contributed by atoms with Gasteiger partial charge in [-0.05, 0) is 81.7 Å². The summed E-state index contributed by atoms with van der Waals surface area (Å²) in [5.41, 5.74) is 3.47. The fourth-order valence-electron chi connectivity index (χ4n) is 4.42. The van der Waals surface area contributed by atoms with Crippen molar-refractivity contribution in [1.82, 2.24) is 9.80 Å². The first-order chi connectivity index (χ1) is 16.8. The van der Waals surface area contributed by atoms with Crippen molar-refractivity contribution in [2.24, 2.45) is 0 Å². The molecule has 0 bridgehead atoms. The van der Waals surface area contributed by atoms with Gasteiger partial charge < -0.3 is 19.6 Å². The molecule has 1 atom stereocenters. The average molecular weight is 479 g/mol. The number of likely N-dealkylation sites (tertiary alicyclic amines) is 1. The zero-order valence-corrected chi connectivity index (χ0v) is 21.6. The number of rotatable bonds is 11. The predicted octanol–water partition coefficient (Wildman–Crippen LogP) is 5.11. The van der Waals surface area contributed by atoms with Crippen LogP contribution in [0.25, 0.3) is 5.76 Å². The molecule has 1 amide bonds. The van der Waals surface area contributed by atoms with Crippen molar-refractivity contribution in [1.29, 1.82) is 0 Å². The van der Waals surface area contributed by atoms with Crippen LogP contribution in [0.5, 0.6) is 5.75 Å². The molecule has 6 nitrogen and oxygen atoms in total. The van der Waals surface area contributed by atoms with E-state index in [2.05, 4.69) is 18.7 Å². The standard InChI is InChI=1S/C29H38N2O4/c1-6-8-18-35-23-14-15-24(20(3)19-23)27(32)25-26(22-12-10-21(7-2)11-13-22)31(29(34)28(25)33)17-9-16-30(4)5/h10-15,19,26,32H,6-9,16-18H2,1-5H3.